The van der Waals surface area contributed by atoms with Gasteiger partial charge in [0, 0.05) is 5.56 Å². The van der Waals surface area contributed by atoms with Crippen LogP contribution in [0, 0.1) is 17.5 Å². The molecule has 0 aromatic heterocycles. The van der Waals surface area contributed by atoms with Crippen molar-refractivity contribution in [1.82, 2.24) is 0 Å². The van der Waals surface area contributed by atoms with Gasteiger partial charge in [-0.25, -0.2) is 13.2 Å². The number of thiocarbonyl (C=S) groups is 1. The van der Waals surface area contributed by atoms with E-state index in [1.807, 2.05) is 0 Å². The first-order chi connectivity index (χ1) is 12.9. The molecule has 0 saturated heterocycles. The molecular formula is C19H15F3N2O2S. The van der Waals surface area contributed by atoms with Crippen molar-refractivity contribution < 1.29 is 22.7 Å². The maximum Gasteiger partial charge on any atom is 0.325 e. The molecule has 0 saturated carbocycles. The molecule has 8 heteroatoms. The number of aliphatic imine (C=N–C) groups is 1. The van der Waals surface area contributed by atoms with E-state index < -0.39 is 23.4 Å². The molecule has 140 valence electrons. The second-order valence-electron chi connectivity index (χ2n) is 5.71. The second-order valence-corrected chi connectivity index (χ2v) is 6.18. The standard InChI is InChI=1S/C19H15F3N2O2S/c1-2-26-17(25)10-24-15-7-6-11(20)8-12(15)19(23-9-16(24)27)18-13(21)4-3-5-14(18)22/h3-8H,2,9-10H2,1H3. The number of hydrogen-bond acceptors (Lipinski definition) is 4. The van der Waals surface area contributed by atoms with Crippen molar-refractivity contribution in [3.05, 3.63) is 65.0 Å². The van der Waals surface area contributed by atoms with E-state index in [0.29, 0.717) is 5.69 Å². The molecule has 0 radical (unpaired) electrons. The molecule has 3 rings (SSSR count). The van der Waals surface area contributed by atoms with Gasteiger partial charge in [-0.05, 0) is 37.3 Å². The first-order valence-corrected chi connectivity index (χ1v) is 8.58. The molecule has 1 aliphatic heterocycles. The van der Waals surface area contributed by atoms with Crippen LogP contribution in [-0.2, 0) is 9.53 Å². The average Bonchev–Trinajstić information content (AvgIpc) is 2.74. The number of halogens is 3. The highest BCUT2D eigenvalue weighted by atomic mass is 32.1. The Labute approximate surface area is 159 Å². The number of hydrogen-bond donors (Lipinski definition) is 0. The van der Waals surface area contributed by atoms with Gasteiger partial charge < -0.3 is 9.64 Å². The van der Waals surface area contributed by atoms with Crippen molar-refractivity contribution in [1.29, 1.82) is 0 Å². The molecule has 1 heterocycles. The van der Waals surface area contributed by atoms with Crippen molar-refractivity contribution in [2.75, 3.05) is 24.6 Å². The molecular weight excluding hydrogens is 377 g/mol. The molecule has 0 spiro atoms. The van der Waals surface area contributed by atoms with Gasteiger partial charge in [0.1, 0.15) is 29.0 Å². The van der Waals surface area contributed by atoms with Crippen LogP contribution in [0.1, 0.15) is 18.1 Å². The van der Waals surface area contributed by atoms with Crippen LogP contribution < -0.4 is 4.90 Å². The van der Waals surface area contributed by atoms with Crippen molar-refractivity contribution in [2.24, 2.45) is 4.99 Å². The van der Waals surface area contributed by atoms with Gasteiger partial charge >= 0.3 is 5.97 Å². The molecule has 0 N–H and O–H groups in total. The van der Waals surface area contributed by atoms with E-state index in [-0.39, 0.29) is 41.5 Å². The first-order valence-electron chi connectivity index (χ1n) is 8.17. The summed E-state index contributed by atoms with van der Waals surface area (Å²) in [6.07, 6.45) is 0. The largest absolute Gasteiger partial charge is 0.465 e. The lowest BCUT2D eigenvalue weighted by Crippen LogP contribution is -2.36. The predicted molar refractivity (Wildman–Crippen MR) is 99.8 cm³/mol. The Morgan fingerprint density at radius 2 is 1.93 bits per heavy atom. The summed E-state index contributed by atoms with van der Waals surface area (Å²) in [6.45, 7) is 1.56. The predicted octanol–water partition coefficient (Wildman–Crippen LogP) is 3.65. The van der Waals surface area contributed by atoms with Crippen LogP contribution in [0.4, 0.5) is 18.9 Å². The van der Waals surface area contributed by atoms with Gasteiger partial charge in [0.2, 0.25) is 0 Å². The summed E-state index contributed by atoms with van der Waals surface area (Å²) in [5.74, 6) is -2.79. The number of nitrogens with zero attached hydrogens (tertiary/aromatic N) is 2. The van der Waals surface area contributed by atoms with Gasteiger partial charge in [-0.1, -0.05) is 18.3 Å². The molecule has 27 heavy (non-hydrogen) atoms. The zero-order valence-corrected chi connectivity index (χ0v) is 15.2. The Morgan fingerprint density at radius 3 is 2.59 bits per heavy atom. The summed E-state index contributed by atoms with van der Waals surface area (Å²) >= 11 is 5.32. The fraction of sp³-hybridized carbons (Fsp3) is 0.211. The van der Waals surface area contributed by atoms with Crippen molar-refractivity contribution in [2.45, 2.75) is 6.92 Å². The number of anilines is 1. The topological polar surface area (TPSA) is 41.9 Å². The molecule has 0 atom stereocenters. The van der Waals surface area contributed by atoms with Gasteiger partial charge in [0.15, 0.2) is 0 Å². The van der Waals surface area contributed by atoms with Crippen LogP contribution in [-0.4, -0.2) is 36.4 Å². The third-order valence-corrected chi connectivity index (χ3v) is 4.32. The van der Waals surface area contributed by atoms with Gasteiger partial charge in [-0.15, -0.1) is 0 Å². The maximum absolute atomic E-state index is 14.3. The summed E-state index contributed by atoms with van der Waals surface area (Å²) in [5, 5.41) is 0. The SMILES string of the molecule is CCOC(=O)CN1C(=S)CN=C(c2c(F)cccc2F)c2cc(F)ccc21. The number of carbonyl (C=O) groups is 1. The Balaban J connectivity index is 2.16. The van der Waals surface area contributed by atoms with E-state index in [0.717, 1.165) is 18.2 Å². The number of benzene rings is 2. The van der Waals surface area contributed by atoms with Crippen LogP contribution in [0.25, 0.3) is 0 Å². The van der Waals surface area contributed by atoms with Gasteiger partial charge in [0.25, 0.3) is 0 Å². The highest BCUT2D eigenvalue weighted by molar-refractivity contribution is 7.80. The minimum absolute atomic E-state index is 0.0613. The molecule has 0 aliphatic carbocycles. The number of ether oxygens (including phenoxy) is 1. The molecule has 2 aromatic carbocycles. The van der Waals surface area contributed by atoms with Crippen molar-refractivity contribution in [3.63, 3.8) is 0 Å². The molecule has 4 nitrogen and oxygen atoms in total. The number of fused-ring (bicyclic) bond motifs is 1. The van der Waals surface area contributed by atoms with Crippen molar-refractivity contribution >= 4 is 34.6 Å². The maximum atomic E-state index is 14.3. The van der Waals surface area contributed by atoms with E-state index in [2.05, 4.69) is 4.99 Å². The van der Waals surface area contributed by atoms with Crippen LogP contribution >= 0.6 is 12.2 Å². The number of rotatable bonds is 4. The molecule has 0 bridgehead atoms. The van der Waals surface area contributed by atoms with Gasteiger partial charge in [-0.3, -0.25) is 9.79 Å². The first kappa shape index (κ1) is 19.0. The lowest BCUT2D eigenvalue weighted by molar-refractivity contribution is -0.141. The Morgan fingerprint density at radius 1 is 1.22 bits per heavy atom. The summed E-state index contributed by atoms with van der Waals surface area (Å²) < 4.78 is 47.6. The lowest BCUT2D eigenvalue weighted by Gasteiger charge is -2.24. The lowest BCUT2D eigenvalue weighted by atomic mass is 9.99. The Kier molecular flexibility index (Phi) is 5.55. The van der Waals surface area contributed by atoms with Crippen molar-refractivity contribution in [3.8, 4) is 0 Å². The zero-order chi connectivity index (χ0) is 19.6. The monoisotopic (exact) mass is 392 g/mol. The summed E-state index contributed by atoms with van der Waals surface area (Å²) in [5.41, 5.74) is 0.0375. The Bertz CT molecular complexity index is 926. The minimum atomic E-state index is -0.825. The van der Waals surface area contributed by atoms with E-state index in [1.54, 1.807) is 6.92 Å². The molecule has 1 aliphatic rings. The van der Waals surface area contributed by atoms with Gasteiger partial charge in [-0.2, -0.15) is 0 Å². The fourth-order valence-electron chi connectivity index (χ4n) is 2.83. The molecule has 0 unspecified atom stereocenters. The van der Waals surface area contributed by atoms with E-state index in [4.69, 9.17) is 17.0 Å². The smallest absolute Gasteiger partial charge is 0.325 e. The van der Waals surface area contributed by atoms with E-state index >= 15 is 0 Å². The van der Waals surface area contributed by atoms with Crippen LogP contribution in [0.15, 0.2) is 41.4 Å². The summed E-state index contributed by atoms with van der Waals surface area (Å²) in [6, 6.07) is 7.12. The normalized spacial score (nSPS) is 13.7. The highest BCUT2D eigenvalue weighted by Gasteiger charge is 2.28. The van der Waals surface area contributed by atoms with Crippen LogP contribution in [0.5, 0.6) is 0 Å². The number of esters is 1. The number of carbonyl (C=O) groups excluding carboxylic acids is 1. The Hall–Kier alpha value is -2.74. The van der Waals surface area contributed by atoms with E-state index in [9.17, 15) is 18.0 Å². The third-order valence-electron chi connectivity index (χ3n) is 3.97. The average molecular weight is 392 g/mol. The molecule has 0 fully saturated rings. The second kappa shape index (κ2) is 7.87. The van der Waals surface area contributed by atoms with Crippen LogP contribution in [0.2, 0.25) is 0 Å². The molecule has 0 amide bonds. The highest BCUT2D eigenvalue weighted by Crippen LogP contribution is 2.30. The quantitative estimate of drug-likeness (QED) is 0.588. The summed E-state index contributed by atoms with van der Waals surface area (Å²) in [4.78, 5) is 17.9. The minimum Gasteiger partial charge on any atom is -0.465 e. The van der Waals surface area contributed by atoms with Crippen LogP contribution in [0.3, 0.4) is 0 Å². The number of benzodiazepines with no additional fused rings is 1. The zero-order valence-electron chi connectivity index (χ0n) is 14.3. The summed E-state index contributed by atoms with van der Waals surface area (Å²) in [7, 11) is 0. The molecule has 2 aromatic rings. The fourth-order valence-corrected chi connectivity index (χ4v) is 3.06. The van der Waals surface area contributed by atoms with Gasteiger partial charge in [0.05, 0.1) is 30.1 Å². The third kappa shape index (κ3) is 3.85. The van der Waals surface area contributed by atoms with E-state index in [1.165, 1.54) is 23.1 Å².